The van der Waals surface area contributed by atoms with E-state index in [1.54, 1.807) is 0 Å². The lowest BCUT2D eigenvalue weighted by molar-refractivity contribution is 1.20. The molecule has 0 bridgehead atoms. The molecular weight excluding hydrogens is 260 g/mol. The Morgan fingerprint density at radius 3 is 3.00 bits per heavy atom. The highest BCUT2D eigenvalue weighted by Gasteiger charge is 2.07. The van der Waals surface area contributed by atoms with Crippen LogP contribution in [0, 0.1) is 0 Å². The lowest BCUT2D eigenvalue weighted by atomic mass is 10.1. The molecule has 0 amide bonds. The average molecular weight is 265 g/mol. The zero-order chi connectivity index (χ0) is 9.54. The van der Waals surface area contributed by atoms with Crippen molar-refractivity contribution < 1.29 is 0 Å². The molecule has 68 valence electrons. The SMILES string of the molecule is Brc1cc2ccccc2c2nnsc12. The van der Waals surface area contributed by atoms with Gasteiger partial charge in [0.25, 0.3) is 0 Å². The van der Waals surface area contributed by atoms with Gasteiger partial charge in [-0.15, -0.1) is 5.10 Å². The maximum Gasteiger partial charge on any atom is 0.114 e. The molecule has 0 aliphatic heterocycles. The fraction of sp³-hybridized carbons (Fsp3) is 0. The molecule has 0 saturated heterocycles. The second kappa shape index (κ2) is 3.00. The molecule has 0 unspecified atom stereocenters. The number of hydrogen-bond acceptors (Lipinski definition) is 3. The largest absolute Gasteiger partial charge is 0.137 e. The number of rotatable bonds is 0. The van der Waals surface area contributed by atoms with Gasteiger partial charge in [0.1, 0.15) is 5.52 Å². The van der Waals surface area contributed by atoms with Crippen LogP contribution in [0.5, 0.6) is 0 Å². The molecule has 14 heavy (non-hydrogen) atoms. The Morgan fingerprint density at radius 1 is 1.21 bits per heavy atom. The molecule has 0 atom stereocenters. The highest BCUT2D eigenvalue weighted by molar-refractivity contribution is 9.10. The van der Waals surface area contributed by atoms with Crippen LogP contribution >= 0.6 is 27.5 Å². The zero-order valence-electron chi connectivity index (χ0n) is 7.07. The third kappa shape index (κ3) is 1.07. The fourth-order valence-corrected chi connectivity index (χ4v) is 2.80. The Labute approximate surface area is 92.9 Å². The highest BCUT2D eigenvalue weighted by atomic mass is 79.9. The Bertz CT molecular complexity index is 618. The van der Waals surface area contributed by atoms with Crippen LogP contribution in [-0.4, -0.2) is 9.59 Å². The van der Waals surface area contributed by atoms with Gasteiger partial charge in [0.05, 0.1) is 4.70 Å². The van der Waals surface area contributed by atoms with Crippen molar-refractivity contribution in [3.8, 4) is 0 Å². The molecule has 0 fully saturated rings. The van der Waals surface area contributed by atoms with Crippen LogP contribution in [-0.2, 0) is 0 Å². The normalized spacial score (nSPS) is 11.2. The Hall–Kier alpha value is -1.00. The molecule has 0 aliphatic rings. The van der Waals surface area contributed by atoms with E-state index in [0.29, 0.717) is 0 Å². The summed E-state index contributed by atoms with van der Waals surface area (Å²) in [5, 5.41) is 6.51. The van der Waals surface area contributed by atoms with Crippen LogP contribution < -0.4 is 0 Å². The summed E-state index contributed by atoms with van der Waals surface area (Å²) in [5.41, 5.74) is 0.986. The van der Waals surface area contributed by atoms with E-state index in [2.05, 4.69) is 43.7 Å². The minimum atomic E-state index is 0.986. The molecule has 0 N–H and O–H groups in total. The Balaban J connectivity index is 2.66. The molecule has 0 spiro atoms. The number of fused-ring (bicyclic) bond motifs is 3. The lowest BCUT2D eigenvalue weighted by Crippen LogP contribution is -1.76. The van der Waals surface area contributed by atoms with E-state index in [0.717, 1.165) is 14.7 Å². The number of aromatic nitrogens is 2. The average Bonchev–Trinajstić information content (AvgIpc) is 2.67. The number of nitrogens with zero attached hydrogens (tertiary/aromatic N) is 2. The van der Waals surface area contributed by atoms with Crippen molar-refractivity contribution in [1.82, 2.24) is 9.59 Å². The number of benzene rings is 2. The summed E-state index contributed by atoms with van der Waals surface area (Å²) in [6.45, 7) is 0. The first-order chi connectivity index (χ1) is 6.86. The minimum Gasteiger partial charge on any atom is -0.137 e. The second-order valence-corrected chi connectivity index (χ2v) is 4.64. The van der Waals surface area contributed by atoms with E-state index >= 15 is 0 Å². The van der Waals surface area contributed by atoms with E-state index in [1.807, 2.05) is 12.1 Å². The fourth-order valence-electron chi connectivity index (χ4n) is 1.56. The van der Waals surface area contributed by atoms with Crippen molar-refractivity contribution in [2.24, 2.45) is 0 Å². The van der Waals surface area contributed by atoms with Gasteiger partial charge in [0, 0.05) is 9.86 Å². The molecule has 3 rings (SSSR count). The number of halogens is 1. The van der Waals surface area contributed by atoms with Gasteiger partial charge >= 0.3 is 0 Å². The summed E-state index contributed by atoms with van der Waals surface area (Å²) in [6, 6.07) is 10.3. The first kappa shape index (κ1) is 8.32. The standard InChI is InChI=1S/C10H5BrN2S/c11-8-5-6-3-1-2-4-7(6)9-10(8)14-13-12-9/h1-5H. The van der Waals surface area contributed by atoms with Crippen LogP contribution in [0.3, 0.4) is 0 Å². The lowest BCUT2D eigenvalue weighted by Gasteiger charge is -1.98. The zero-order valence-corrected chi connectivity index (χ0v) is 9.47. The number of hydrogen-bond donors (Lipinski definition) is 0. The van der Waals surface area contributed by atoms with E-state index in [4.69, 9.17) is 0 Å². The summed E-state index contributed by atoms with van der Waals surface area (Å²) < 4.78 is 6.16. The van der Waals surface area contributed by atoms with Crippen molar-refractivity contribution in [3.63, 3.8) is 0 Å². The smallest absolute Gasteiger partial charge is 0.114 e. The molecule has 4 heteroatoms. The highest BCUT2D eigenvalue weighted by Crippen LogP contribution is 2.32. The van der Waals surface area contributed by atoms with E-state index < -0.39 is 0 Å². The summed E-state index contributed by atoms with van der Waals surface area (Å²) in [4.78, 5) is 0. The van der Waals surface area contributed by atoms with Gasteiger partial charge in [-0.3, -0.25) is 0 Å². The van der Waals surface area contributed by atoms with Gasteiger partial charge in [-0.25, -0.2) is 0 Å². The third-order valence-electron chi connectivity index (χ3n) is 2.20. The Morgan fingerprint density at radius 2 is 2.07 bits per heavy atom. The van der Waals surface area contributed by atoms with Crippen molar-refractivity contribution in [2.75, 3.05) is 0 Å². The molecule has 2 aromatic carbocycles. The maximum absolute atomic E-state index is 4.15. The van der Waals surface area contributed by atoms with Crippen LogP contribution in [0.15, 0.2) is 34.8 Å². The quantitative estimate of drug-likeness (QED) is 0.620. The van der Waals surface area contributed by atoms with Gasteiger partial charge in [-0.05, 0) is 38.9 Å². The summed E-state index contributed by atoms with van der Waals surface area (Å²) in [6.07, 6.45) is 0. The molecule has 1 heterocycles. The van der Waals surface area contributed by atoms with E-state index in [9.17, 15) is 0 Å². The molecule has 0 aliphatic carbocycles. The summed E-state index contributed by atoms with van der Waals surface area (Å²) in [7, 11) is 0. The van der Waals surface area contributed by atoms with Crippen LogP contribution in [0.1, 0.15) is 0 Å². The maximum atomic E-state index is 4.15. The second-order valence-electron chi connectivity index (χ2n) is 3.03. The molecule has 3 aromatic rings. The molecule has 0 saturated carbocycles. The molecule has 1 aromatic heterocycles. The van der Waals surface area contributed by atoms with Gasteiger partial charge in [-0.1, -0.05) is 28.8 Å². The van der Waals surface area contributed by atoms with Crippen LogP contribution in [0.4, 0.5) is 0 Å². The molecule has 2 nitrogen and oxygen atoms in total. The Kier molecular flexibility index (Phi) is 1.78. The minimum absolute atomic E-state index is 0.986. The van der Waals surface area contributed by atoms with Crippen LogP contribution in [0.25, 0.3) is 21.0 Å². The summed E-state index contributed by atoms with van der Waals surface area (Å²) >= 11 is 4.95. The predicted octanol–water partition coefficient (Wildman–Crippen LogP) is 3.61. The predicted molar refractivity (Wildman–Crippen MR) is 62.6 cm³/mol. The van der Waals surface area contributed by atoms with Gasteiger partial charge < -0.3 is 0 Å². The topological polar surface area (TPSA) is 25.8 Å². The van der Waals surface area contributed by atoms with Gasteiger partial charge in [-0.2, -0.15) is 0 Å². The first-order valence-corrected chi connectivity index (χ1v) is 5.72. The van der Waals surface area contributed by atoms with Crippen molar-refractivity contribution in [3.05, 3.63) is 34.8 Å². The molecular formula is C10H5BrN2S. The molecule has 0 radical (unpaired) electrons. The third-order valence-corrected chi connectivity index (χ3v) is 3.85. The van der Waals surface area contributed by atoms with Crippen molar-refractivity contribution >= 4 is 48.5 Å². The van der Waals surface area contributed by atoms with Gasteiger partial charge in [0.2, 0.25) is 0 Å². The monoisotopic (exact) mass is 264 g/mol. The first-order valence-electron chi connectivity index (χ1n) is 4.15. The van der Waals surface area contributed by atoms with E-state index in [1.165, 1.54) is 22.3 Å². The van der Waals surface area contributed by atoms with Crippen LogP contribution in [0.2, 0.25) is 0 Å². The van der Waals surface area contributed by atoms with Crippen molar-refractivity contribution in [2.45, 2.75) is 0 Å². The summed E-state index contributed by atoms with van der Waals surface area (Å²) in [5.74, 6) is 0. The van der Waals surface area contributed by atoms with Gasteiger partial charge in [0.15, 0.2) is 0 Å². The van der Waals surface area contributed by atoms with E-state index in [-0.39, 0.29) is 0 Å². The van der Waals surface area contributed by atoms with Crippen molar-refractivity contribution in [1.29, 1.82) is 0 Å².